The van der Waals surface area contributed by atoms with E-state index in [1.807, 2.05) is 30.0 Å². The highest BCUT2D eigenvalue weighted by Gasteiger charge is 2.40. The maximum Gasteiger partial charge on any atom is 0.194 e. The molecule has 1 aliphatic rings. The van der Waals surface area contributed by atoms with Crippen LogP contribution in [0.5, 0.6) is 0 Å². The Hall–Kier alpha value is -1.29. The zero-order valence-corrected chi connectivity index (χ0v) is 18.6. The number of benzene rings is 1. The summed E-state index contributed by atoms with van der Waals surface area (Å²) in [5.74, 6) is 0.931. The number of rotatable bonds is 3. The molecule has 1 saturated heterocycles. The van der Waals surface area contributed by atoms with Crippen LogP contribution in [0.1, 0.15) is 26.5 Å². The summed E-state index contributed by atoms with van der Waals surface area (Å²) in [6, 6.07) is 10.2. The van der Waals surface area contributed by atoms with Crippen molar-refractivity contribution in [1.82, 2.24) is 15.2 Å². The van der Waals surface area contributed by atoms with Gasteiger partial charge < -0.3 is 15.2 Å². The number of aliphatic imine (C=N–C) groups is 1. The van der Waals surface area contributed by atoms with Crippen molar-refractivity contribution in [2.75, 3.05) is 25.4 Å². The number of nitrogens with one attached hydrogen (secondary N) is 2. The first kappa shape index (κ1) is 21.0. The molecule has 1 aromatic carbocycles. The Balaban J connectivity index is 0.00000243. The third-order valence-corrected chi connectivity index (χ3v) is 7.20. The molecule has 1 aliphatic heterocycles. The van der Waals surface area contributed by atoms with Gasteiger partial charge in [0.25, 0.3) is 0 Å². The van der Waals surface area contributed by atoms with Crippen molar-refractivity contribution in [3.63, 3.8) is 0 Å². The second-order valence-corrected chi connectivity index (χ2v) is 9.80. The van der Waals surface area contributed by atoms with E-state index in [2.05, 4.69) is 22.4 Å². The minimum atomic E-state index is -3.06. The lowest BCUT2D eigenvalue weighted by Gasteiger charge is -2.39. The van der Waals surface area contributed by atoms with Crippen LogP contribution >= 0.6 is 24.0 Å². The van der Waals surface area contributed by atoms with Crippen molar-refractivity contribution in [3.8, 4) is 0 Å². The predicted molar refractivity (Wildman–Crippen MR) is 118 cm³/mol. The van der Waals surface area contributed by atoms with Gasteiger partial charge in [-0.2, -0.15) is 0 Å². The van der Waals surface area contributed by atoms with Gasteiger partial charge in [0.15, 0.2) is 15.8 Å². The van der Waals surface area contributed by atoms with Gasteiger partial charge in [-0.05, 0) is 38.3 Å². The summed E-state index contributed by atoms with van der Waals surface area (Å²) in [6.45, 7) is 7.80. The molecule has 0 amide bonds. The van der Waals surface area contributed by atoms with Crippen molar-refractivity contribution >= 4 is 50.7 Å². The molecule has 0 atom stereocenters. The van der Waals surface area contributed by atoms with E-state index in [1.165, 1.54) is 5.39 Å². The number of fused-ring (bicyclic) bond motifs is 1. The third kappa shape index (κ3) is 4.33. The monoisotopic (exact) mass is 490 g/mol. The van der Waals surface area contributed by atoms with Crippen molar-refractivity contribution in [2.45, 2.75) is 32.1 Å². The molecule has 0 radical (unpaired) electrons. The Morgan fingerprint density at radius 2 is 2.08 bits per heavy atom. The van der Waals surface area contributed by atoms with E-state index in [9.17, 15) is 8.42 Å². The number of para-hydroxylation sites is 1. The molecule has 1 aromatic heterocycles. The van der Waals surface area contributed by atoms with E-state index in [-0.39, 0.29) is 29.7 Å². The van der Waals surface area contributed by atoms with E-state index in [0.717, 1.165) is 23.7 Å². The van der Waals surface area contributed by atoms with Crippen LogP contribution in [0, 0.1) is 0 Å². The highest BCUT2D eigenvalue weighted by Crippen LogP contribution is 2.24. The summed E-state index contributed by atoms with van der Waals surface area (Å²) in [5.41, 5.74) is 2.14. The molecule has 1 fully saturated rings. The normalized spacial score (nSPS) is 19.2. The van der Waals surface area contributed by atoms with Crippen molar-refractivity contribution in [3.05, 3.63) is 36.0 Å². The minimum Gasteiger partial charge on any atom is -0.357 e. The van der Waals surface area contributed by atoms with Gasteiger partial charge in [0.05, 0.1) is 17.0 Å². The number of hydrogen-bond donors (Lipinski definition) is 2. The molecule has 0 spiro atoms. The highest BCUT2D eigenvalue weighted by molar-refractivity contribution is 14.0. The first-order valence-corrected chi connectivity index (χ1v) is 10.3. The van der Waals surface area contributed by atoms with E-state index in [0.29, 0.717) is 19.6 Å². The van der Waals surface area contributed by atoms with Crippen molar-refractivity contribution in [1.29, 1.82) is 0 Å². The zero-order chi connectivity index (χ0) is 18.1. The van der Waals surface area contributed by atoms with Crippen molar-refractivity contribution in [2.24, 2.45) is 4.99 Å². The molecule has 6 nitrogen and oxygen atoms in total. The van der Waals surface area contributed by atoms with Crippen molar-refractivity contribution < 1.29 is 8.42 Å². The molecule has 8 heteroatoms. The van der Waals surface area contributed by atoms with Gasteiger partial charge in [-0.25, -0.2) is 13.4 Å². The van der Waals surface area contributed by atoms with E-state index in [4.69, 9.17) is 4.99 Å². The summed E-state index contributed by atoms with van der Waals surface area (Å²) >= 11 is 0. The Morgan fingerprint density at radius 1 is 1.35 bits per heavy atom. The second-order valence-electron chi connectivity index (χ2n) is 7.05. The fraction of sp³-hybridized carbons (Fsp3) is 0.500. The zero-order valence-electron chi connectivity index (χ0n) is 15.4. The summed E-state index contributed by atoms with van der Waals surface area (Å²) in [6.07, 6.45) is 0. The molecule has 0 bridgehead atoms. The summed E-state index contributed by atoms with van der Waals surface area (Å²) in [7, 11) is -3.06. The lowest BCUT2D eigenvalue weighted by Crippen LogP contribution is -2.57. The largest absolute Gasteiger partial charge is 0.357 e. The van der Waals surface area contributed by atoms with Gasteiger partial charge >= 0.3 is 0 Å². The molecular formula is C18H27IN4O2S. The molecule has 3 rings (SSSR count). The molecule has 26 heavy (non-hydrogen) atoms. The topological polar surface area (TPSA) is 77.6 Å². The number of H-pyrrole nitrogens is 1. The van der Waals surface area contributed by atoms with Gasteiger partial charge in [-0.15, -0.1) is 24.0 Å². The van der Waals surface area contributed by atoms with Gasteiger partial charge in [0.2, 0.25) is 0 Å². The van der Waals surface area contributed by atoms with Crippen LogP contribution in [0.2, 0.25) is 0 Å². The van der Waals surface area contributed by atoms with Gasteiger partial charge in [-0.1, -0.05) is 18.2 Å². The predicted octanol–water partition coefficient (Wildman–Crippen LogP) is 2.76. The average Bonchev–Trinajstić information content (AvgIpc) is 2.97. The molecule has 0 aliphatic carbocycles. The molecule has 2 heterocycles. The second kappa shape index (κ2) is 8.16. The standard InChI is InChI=1S/C18H26N4O2S.HI/c1-4-19-17(22-9-10-25(23,24)18(2,3)13-22)20-12-15-11-14-7-5-6-8-16(14)21-15;/h5-8,11,21H,4,9-10,12-13H2,1-3H3,(H,19,20);1H. The van der Waals surface area contributed by atoms with Crippen LogP contribution < -0.4 is 5.32 Å². The summed E-state index contributed by atoms with van der Waals surface area (Å²) in [5, 5.41) is 4.46. The van der Waals surface area contributed by atoms with Gasteiger partial charge in [0, 0.05) is 30.8 Å². The van der Waals surface area contributed by atoms with Crippen LogP contribution in [0.4, 0.5) is 0 Å². The SMILES string of the molecule is CCNC(=NCc1cc2ccccc2[nH]1)N1CCS(=O)(=O)C(C)(C)C1.I. The van der Waals surface area contributed by atoms with Crippen LogP contribution in [0.25, 0.3) is 10.9 Å². The van der Waals surface area contributed by atoms with Crippen LogP contribution in [-0.2, 0) is 16.4 Å². The first-order valence-electron chi connectivity index (χ1n) is 8.64. The number of sulfone groups is 1. The number of guanidine groups is 1. The Morgan fingerprint density at radius 3 is 2.73 bits per heavy atom. The molecule has 144 valence electrons. The Bertz CT molecular complexity index is 856. The molecule has 2 N–H and O–H groups in total. The van der Waals surface area contributed by atoms with Gasteiger partial charge in [-0.3, -0.25) is 0 Å². The summed E-state index contributed by atoms with van der Waals surface area (Å²) in [4.78, 5) is 10.1. The quantitative estimate of drug-likeness (QED) is 0.394. The Labute approximate surface area is 172 Å². The highest BCUT2D eigenvalue weighted by atomic mass is 127. The number of hydrogen-bond acceptors (Lipinski definition) is 3. The van der Waals surface area contributed by atoms with E-state index in [1.54, 1.807) is 13.8 Å². The maximum atomic E-state index is 12.2. The molecule has 2 aromatic rings. The average molecular weight is 490 g/mol. The third-order valence-electron chi connectivity index (χ3n) is 4.66. The number of nitrogens with zero attached hydrogens (tertiary/aromatic N) is 2. The lowest BCUT2D eigenvalue weighted by atomic mass is 10.2. The van der Waals surface area contributed by atoms with Crippen LogP contribution in [0.15, 0.2) is 35.3 Å². The Kier molecular flexibility index (Phi) is 6.60. The fourth-order valence-electron chi connectivity index (χ4n) is 3.13. The summed E-state index contributed by atoms with van der Waals surface area (Å²) < 4.78 is 23.7. The first-order chi connectivity index (χ1) is 11.8. The van der Waals surface area contributed by atoms with Crippen LogP contribution in [-0.4, -0.2) is 54.4 Å². The van der Waals surface area contributed by atoms with Crippen LogP contribution in [0.3, 0.4) is 0 Å². The minimum absolute atomic E-state index is 0. The van der Waals surface area contributed by atoms with E-state index >= 15 is 0 Å². The number of aromatic amines is 1. The van der Waals surface area contributed by atoms with E-state index < -0.39 is 14.6 Å². The maximum absolute atomic E-state index is 12.2. The number of aromatic nitrogens is 1. The molecule has 0 unspecified atom stereocenters. The lowest BCUT2D eigenvalue weighted by molar-refractivity contribution is 0.353. The molecule has 0 saturated carbocycles. The van der Waals surface area contributed by atoms with Gasteiger partial charge in [0.1, 0.15) is 0 Å². The smallest absolute Gasteiger partial charge is 0.194 e. The number of halogens is 1. The molecular weight excluding hydrogens is 463 g/mol. The fourth-order valence-corrected chi connectivity index (χ4v) is 4.49.